The van der Waals surface area contributed by atoms with Crippen LogP contribution < -0.4 is 0 Å². The Hall–Kier alpha value is -1.87. The number of hydrogen-bond donors (Lipinski definition) is 1. The van der Waals surface area contributed by atoms with Gasteiger partial charge in [0.05, 0.1) is 6.54 Å². The van der Waals surface area contributed by atoms with Crippen LogP contribution in [0.2, 0.25) is 0 Å². The van der Waals surface area contributed by atoms with Gasteiger partial charge in [-0.3, -0.25) is 9.69 Å². The number of carbonyl (C=O) groups is 1. The number of rotatable bonds is 7. The molecule has 0 fully saturated rings. The molecule has 0 aliphatic rings. The average molecular weight is 270 g/mol. The number of nitrogens with one attached hydrogen (secondary N) is 1. The first-order valence-electron chi connectivity index (χ1n) is 7.06. The van der Waals surface area contributed by atoms with E-state index < -0.39 is 0 Å². The molecule has 0 spiro atoms. The highest BCUT2D eigenvalue weighted by Crippen LogP contribution is 2.10. The fourth-order valence-electron chi connectivity index (χ4n) is 2.12. The number of ketones is 1. The number of carbonyl (C=O) groups excluding carboxylic acids is 1. The van der Waals surface area contributed by atoms with Crippen LogP contribution in [0.1, 0.15) is 25.1 Å². The van der Waals surface area contributed by atoms with Crippen molar-refractivity contribution in [1.82, 2.24) is 9.88 Å². The second-order valence-corrected chi connectivity index (χ2v) is 5.45. The van der Waals surface area contributed by atoms with Crippen molar-refractivity contribution in [2.24, 2.45) is 5.92 Å². The lowest BCUT2D eigenvalue weighted by molar-refractivity contribution is -0.123. The summed E-state index contributed by atoms with van der Waals surface area (Å²) in [7, 11) is 0. The number of Topliss-reactive ketones (excluding diaryl/α,β-unsaturated/α-hetero) is 1. The summed E-state index contributed by atoms with van der Waals surface area (Å²) < 4.78 is 0. The number of aromatic amines is 1. The van der Waals surface area contributed by atoms with Gasteiger partial charge >= 0.3 is 0 Å². The van der Waals surface area contributed by atoms with E-state index >= 15 is 0 Å². The van der Waals surface area contributed by atoms with Crippen LogP contribution >= 0.6 is 0 Å². The second kappa shape index (κ2) is 7.06. The molecule has 0 aliphatic heterocycles. The molecule has 1 aromatic carbocycles. The van der Waals surface area contributed by atoms with Crippen LogP contribution in [-0.2, 0) is 17.9 Å². The number of H-pyrrole nitrogens is 1. The third-order valence-corrected chi connectivity index (χ3v) is 3.33. The van der Waals surface area contributed by atoms with E-state index in [1.165, 1.54) is 5.56 Å². The Bertz CT molecular complexity index is 517. The highest BCUT2D eigenvalue weighted by atomic mass is 16.1. The molecule has 2 aromatic rings. The van der Waals surface area contributed by atoms with Crippen molar-refractivity contribution in [3.63, 3.8) is 0 Å². The van der Waals surface area contributed by atoms with Crippen LogP contribution in [0.5, 0.6) is 0 Å². The monoisotopic (exact) mass is 270 g/mol. The van der Waals surface area contributed by atoms with E-state index in [0.717, 1.165) is 18.8 Å². The van der Waals surface area contributed by atoms with Crippen LogP contribution in [-0.4, -0.2) is 22.2 Å². The Balaban J connectivity index is 2.05. The molecule has 0 saturated heterocycles. The summed E-state index contributed by atoms with van der Waals surface area (Å²) in [5, 5.41) is 0. The molecule has 0 amide bonds. The summed E-state index contributed by atoms with van der Waals surface area (Å²) in [6.07, 6.45) is 1.92. The molecule has 0 bridgehead atoms. The number of nitrogens with zero attached hydrogens (tertiary/aromatic N) is 1. The van der Waals surface area contributed by atoms with Gasteiger partial charge in [0.25, 0.3) is 0 Å². The summed E-state index contributed by atoms with van der Waals surface area (Å²) >= 11 is 0. The molecule has 3 heteroatoms. The molecule has 20 heavy (non-hydrogen) atoms. The molecule has 106 valence electrons. The molecule has 1 N–H and O–H groups in total. The maximum Gasteiger partial charge on any atom is 0.149 e. The Morgan fingerprint density at radius 1 is 1.10 bits per heavy atom. The van der Waals surface area contributed by atoms with Crippen molar-refractivity contribution in [3.05, 3.63) is 59.9 Å². The predicted molar refractivity (Wildman–Crippen MR) is 81.2 cm³/mol. The second-order valence-electron chi connectivity index (χ2n) is 5.45. The Labute approximate surface area is 120 Å². The Kier molecular flexibility index (Phi) is 5.13. The first-order valence-corrected chi connectivity index (χ1v) is 7.06. The van der Waals surface area contributed by atoms with Gasteiger partial charge in [-0.05, 0) is 17.7 Å². The predicted octanol–water partition coefficient (Wildman–Crippen LogP) is 3.24. The SMILES string of the molecule is CC(C)C(=O)CN(Cc1ccccc1)Cc1ccc[nH]1. The van der Waals surface area contributed by atoms with Gasteiger partial charge in [-0.1, -0.05) is 44.2 Å². The molecule has 1 aromatic heterocycles. The first-order chi connectivity index (χ1) is 9.65. The van der Waals surface area contributed by atoms with Gasteiger partial charge in [-0.25, -0.2) is 0 Å². The summed E-state index contributed by atoms with van der Waals surface area (Å²) in [5.41, 5.74) is 2.37. The minimum absolute atomic E-state index is 0.0805. The van der Waals surface area contributed by atoms with Crippen molar-refractivity contribution < 1.29 is 4.79 Å². The van der Waals surface area contributed by atoms with Crippen LogP contribution in [0.15, 0.2) is 48.7 Å². The van der Waals surface area contributed by atoms with Gasteiger partial charge in [-0.2, -0.15) is 0 Å². The highest BCUT2D eigenvalue weighted by molar-refractivity contribution is 5.82. The topological polar surface area (TPSA) is 36.1 Å². The van der Waals surface area contributed by atoms with E-state index in [2.05, 4.69) is 28.1 Å². The fourth-order valence-corrected chi connectivity index (χ4v) is 2.12. The van der Waals surface area contributed by atoms with E-state index in [-0.39, 0.29) is 11.7 Å². The average Bonchev–Trinajstić information content (AvgIpc) is 2.92. The van der Waals surface area contributed by atoms with Crippen molar-refractivity contribution in [2.75, 3.05) is 6.54 Å². The quantitative estimate of drug-likeness (QED) is 0.838. The van der Waals surface area contributed by atoms with Gasteiger partial charge < -0.3 is 4.98 Å². The lowest BCUT2D eigenvalue weighted by atomic mass is 10.1. The van der Waals surface area contributed by atoms with E-state index in [0.29, 0.717) is 6.54 Å². The molecule has 0 atom stereocenters. The standard InChI is InChI=1S/C17H22N2O/c1-14(2)17(20)13-19(12-16-9-6-10-18-16)11-15-7-4-3-5-8-15/h3-10,14,18H,11-13H2,1-2H3. The molecular formula is C17H22N2O. The summed E-state index contributed by atoms with van der Waals surface area (Å²) in [6.45, 7) is 5.96. The van der Waals surface area contributed by atoms with Gasteiger partial charge in [-0.15, -0.1) is 0 Å². The number of benzene rings is 1. The highest BCUT2D eigenvalue weighted by Gasteiger charge is 2.14. The van der Waals surface area contributed by atoms with Crippen LogP contribution in [0.3, 0.4) is 0 Å². The van der Waals surface area contributed by atoms with Crippen LogP contribution in [0, 0.1) is 5.92 Å². The fraction of sp³-hybridized carbons (Fsp3) is 0.353. The largest absolute Gasteiger partial charge is 0.364 e. The number of aromatic nitrogens is 1. The third-order valence-electron chi connectivity index (χ3n) is 3.33. The Morgan fingerprint density at radius 2 is 1.85 bits per heavy atom. The van der Waals surface area contributed by atoms with E-state index in [1.807, 2.05) is 44.3 Å². The lowest BCUT2D eigenvalue weighted by Crippen LogP contribution is -2.31. The van der Waals surface area contributed by atoms with Gasteiger partial charge in [0.2, 0.25) is 0 Å². The summed E-state index contributed by atoms with van der Waals surface area (Å²) in [6, 6.07) is 14.3. The van der Waals surface area contributed by atoms with Crippen molar-refractivity contribution in [3.8, 4) is 0 Å². The molecular weight excluding hydrogens is 248 g/mol. The zero-order valence-electron chi connectivity index (χ0n) is 12.2. The third kappa shape index (κ3) is 4.35. The van der Waals surface area contributed by atoms with Crippen molar-refractivity contribution >= 4 is 5.78 Å². The van der Waals surface area contributed by atoms with E-state index in [9.17, 15) is 4.79 Å². The number of hydrogen-bond acceptors (Lipinski definition) is 2. The van der Waals surface area contributed by atoms with E-state index in [1.54, 1.807) is 0 Å². The molecule has 0 radical (unpaired) electrons. The van der Waals surface area contributed by atoms with Crippen molar-refractivity contribution in [1.29, 1.82) is 0 Å². The molecule has 0 saturated carbocycles. The zero-order valence-corrected chi connectivity index (χ0v) is 12.2. The van der Waals surface area contributed by atoms with Gasteiger partial charge in [0, 0.05) is 30.9 Å². The molecule has 2 rings (SSSR count). The smallest absolute Gasteiger partial charge is 0.149 e. The van der Waals surface area contributed by atoms with Crippen LogP contribution in [0.4, 0.5) is 0 Å². The zero-order chi connectivity index (χ0) is 14.4. The molecule has 3 nitrogen and oxygen atoms in total. The maximum absolute atomic E-state index is 12.0. The van der Waals surface area contributed by atoms with Gasteiger partial charge in [0.1, 0.15) is 5.78 Å². The maximum atomic E-state index is 12.0. The minimum Gasteiger partial charge on any atom is -0.364 e. The molecule has 1 heterocycles. The van der Waals surface area contributed by atoms with E-state index in [4.69, 9.17) is 0 Å². The lowest BCUT2D eigenvalue weighted by Gasteiger charge is -2.22. The normalized spacial score (nSPS) is 11.2. The molecule has 0 unspecified atom stereocenters. The summed E-state index contributed by atoms with van der Waals surface area (Å²) in [5.74, 6) is 0.365. The first kappa shape index (κ1) is 14.5. The summed E-state index contributed by atoms with van der Waals surface area (Å²) in [4.78, 5) is 17.4. The Morgan fingerprint density at radius 3 is 2.45 bits per heavy atom. The molecule has 0 aliphatic carbocycles. The van der Waals surface area contributed by atoms with Crippen LogP contribution in [0.25, 0.3) is 0 Å². The van der Waals surface area contributed by atoms with Crippen molar-refractivity contribution in [2.45, 2.75) is 26.9 Å². The minimum atomic E-state index is 0.0805. The van der Waals surface area contributed by atoms with Gasteiger partial charge in [0.15, 0.2) is 0 Å².